The number of ketones is 1. The van der Waals surface area contributed by atoms with Crippen molar-refractivity contribution in [3.05, 3.63) is 0 Å². The first kappa shape index (κ1) is 13.1. The van der Waals surface area contributed by atoms with Gasteiger partial charge in [0.05, 0.1) is 6.54 Å². The molecule has 2 aliphatic rings. The van der Waals surface area contributed by atoms with Gasteiger partial charge in [0.1, 0.15) is 5.78 Å². The van der Waals surface area contributed by atoms with Crippen LogP contribution in [0.1, 0.15) is 32.6 Å². The molecule has 0 aromatic heterocycles. The van der Waals surface area contributed by atoms with E-state index in [1.807, 2.05) is 6.92 Å². The third-order valence-electron chi connectivity index (χ3n) is 3.80. The van der Waals surface area contributed by atoms with Crippen molar-refractivity contribution in [2.24, 2.45) is 5.92 Å². The summed E-state index contributed by atoms with van der Waals surface area (Å²) in [5, 5.41) is 0. The number of hydrogen-bond acceptors (Lipinski definition) is 3. The van der Waals surface area contributed by atoms with E-state index < -0.39 is 0 Å². The quantitative estimate of drug-likeness (QED) is 0.716. The predicted molar refractivity (Wildman–Crippen MR) is 65.8 cm³/mol. The van der Waals surface area contributed by atoms with Gasteiger partial charge in [0.25, 0.3) is 0 Å². The third kappa shape index (κ3) is 2.89. The maximum atomic E-state index is 12.0. The van der Waals surface area contributed by atoms with Crippen LogP contribution in [0.25, 0.3) is 0 Å². The van der Waals surface area contributed by atoms with Crippen LogP contribution in [0.2, 0.25) is 0 Å². The lowest BCUT2D eigenvalue weighted by Crippen LogP contribution is -2.48. The van der Waals surface area contributed by atoms with Crippen molar-refractivity contribution in [3.8, 4) is 0 Å². The summed E-state index contributed by atoms with van der Waals surface area (Å²) in [7, 11) is 0. The Hall–Kier alpha value is -1.39. The lowest BCUT2D eigenvalue weighted by Gasteiger charge is -2.33. The molecule has 2 rings (SSSR count). The van der Waals surface area contributed by atoms with Crippen LogP contribution in [-0.4, -0.2) is 53.6 Å². The Balaban J connectivity index is 1.87. The van der Waals surface area contributed by atoms with Gasteiger partial charge in [0.15, 0.2) is 0 Å². The molecular weight excluding hydrogens is 232 g/mol. The van der Waals surface area contributed by atoms with Gasteiger partial charge in [-0.3, -0.25) is 14.4 Å². The minimum atomic E-state index is -0.0232. The number of nitrogens with zero attached hydrogens (tertiary/aromatic N) is 2. The van der Waals surface area contributed by atoms with Crippen LogP contribution in [-0.2, 0) is 14.4 Å². The van der Waals surface area contributed by atoms with Gasteiger partial charge in [-0.2, -0.15) is 0 Å². The Morgan fingerprint density at radius 2 is 1.89 bits per heavy atom. The largest absolute Gasteiger partial charge is 0.340 e. The molecular formula is C13H20N2O3. The first-order valence-corrected chi connectivity index (χ1v) is 6.66. The molecule has 0 aromatic carbocycles. The van der Waals surface area contributed by atoms with Crippen molar-refractivity contribution in [1.82, 2.24) is 9.80 Å². The number of carbonyl (C=O) groups excluding carboxylic acids is 3. The van der Waals surface area contributed by atoms with E-state index >= 15 is 0 Å². The molecule has 5 heteroatoms. The molecule has 0 saturated carbocycles. The topological polar surface area (TPSA) is 57.7 Å². The van der Waals surface area contributed by atoms with E-state index in [2.05, 4.69) is 0 Å². The Bertz CT molecular complexity index is 357. The molecule has 1 atom stereocenters. The summed E-state index contributed by atoms with van der Waals surface area (Å²) in [4.78, 5) is 38.4. The molecule has 2 aliphatic heterocycles. The summed E-state index contributed by atoms with van der Waals surface area (Å²) in [6.45, 7) is 3.79. The first-order chi connectivity index (χ1) is 8.58. The molecule has 1 unspecified atom stereocenters. The van der Waals surface area contributed by atoms with Gasteiger partial charge in [0.2, 0.25) is 11.8 Å². The molecule has 2 fully saturated rings. The van der Waals surface area contributed by atoms with E-state index in [1.165, 1.54) is 0 Å². The van der Waals surface area contributed by atoms with Crippen LogP contribution in [0.5, 0.6) is 0 Å². The molecule has 18 heavy (non-hydrogen) atoms. The van der Waals surface area contributed by atoms with E-state index in [1.54, 1.807) is 9.80 Å². The van der Waals surface area contributed by atoms with Gasteiger partial charge < -0.3 is 9.80 Å². The molecule has 2 amide bonds. The minimum Gasteiger partial charge on any atom is -0.340 e. The van der Waals surface area contributed by atoms with E-state index in [0.29, 0.717) is 32.5 Å². The van der Waals surface area contributed by atoms with Crippen LogP contribution in [0.15, 0.2) is 0 Å². The molecule has 0 aliphatic carbocycles. The summed E-state index contributed by atoms with van der Waals surface area (Å²) < 4.78 is 0. The third-order valence-corrected chi connectivity index (χ3v) is 3.80. The van der Waals surface area contributed by atoms with Crippen LogP contribution < -0.4 is 0 Å². The standard InChI is InChI=1S/C13H20N2O3/c1-10-3-2-6-15(13(10)18)9-12(17)14-7-4-11(16)5-8-14/h10H,2-9H2,1H3. The molecule has 100 valence electrons. The second-order valence-electron chi connectivity index (χ2n) is 5.22. The number of rotatable bonds is 2. The maximum Gasteiger partial charge on any atom is 0.242 e. The van der Waals surface area contributed by atoms with Crippen molar-refractivity contribution in [1.29, 1.82) is 0 Å². The van der Waals surface area contributed by atoms with Gasteiger partial charge in [-0.25, -0.2) is 0 Å². The summed E-state index contributed by atoms with van der Waals surface area (Å²) in [5.41, 5.74) is 0. The predicted octanol–water partition coefficient (Wildman–Crippen LogP) is 0.436. The maximum absolute atomic E-state index is 12.0. The normalized spacial score (nSPS) is 25.5. The lowest BCUT2D eigenvalue weighted by molar-refractivity contribution is -0.145. The fourth-order valence-electron chi connectivity index (χ4n) is 2.56. The number of carbonyl (C=O) groups is 3. The second kappa shape index (κ2) is 5.50. The molecule has 0 N–H and O–H groups in total. The molecule has 0 spiro atoms. The van der Waals surface area contributed by atoms with E-state index in [4.69, 9.17) is 0 Å². The van der Waals surface area contributed by atoms with Crippen LogP contribution >= 0.6 is 0 Å². The number of piperidine rings is 2. The molecule has 0 radical (unpaired) electrons. The number of Topliss-reactive ketones (excluding diaryl/α,β-unsaturated/α-hetero) is 1. The molecule has 5 nitrogen and oxygen atoms in total. The number of amides is 2. The van der Waals surface area contributed by atoms with Crippen molar-refractivity contribution in [2.45, 2.75) is 32.6 Å². The van der Waals surface area contributed by atoms with Crippen molar-refractivity contribution in [2.75, 3.05) is 26.2 Å². The van der Waals surface area contributed by atoms with Crippen LogP contribution in [0.4, 0.5) is 0 Å². The zero-order chi connectivity index (χ0) is 13.1. The van der Waals surface area contributed by atoms with Gasteiger partial charge in [-0.05, 0) is 12.8 Å². The SMILES string of the molecule is CC1CCCN(CC(=O)N2CCC(=O)CC2)C1=O. The van der Waals surface area contributed by atoms with Crippen molar-refractivity contribution >= 4 is 17.6 Å². The monoisotopic (exact) mass is 252 g/mol. The van der Waals surface area contributed by atoms with E-state index in [0.717, 1.165) is 12.8 Å². The molecule has 0 bridgehead atoms. The minimum absolute atomic E-state index is 0.0232. The Labute approximate surface area is 107 Å². The van der Waals surface area contributed by atoms with Crippen LogP contribution in [0, 0.1) is 5.92 Å². The van der Waals surface area contributed by atoms with Gasteiger partial charge in [-0.1, -0.05) is 6.92 Å². The van der Waals surface area contributed by atoms with Crippen molar-refractivity contribution in [3.63, 3.8) is 0 Å². The number of likely N-dealkylation sites (tertiary alicyclic amines) is 2. The summed E-state index contributed by atoms with van der Waals surface area (Å²) >= 11 is 0. The summed E-state index contributed by atoms with van der Waals surface area (Å²) in [6, 6.07) is 0. The van der Waals surface area contributed by atoms with Crippen LogP contribution in [0.3, 0.4) is 0 Å². The highest BCUT2D eigenvalue weighted by Crippen LogP contribution is 2.17. The van der Waals surface area contributed by atoms with Gasteiger partial charge >= 0.3 is 0 Å². The Morgan fingerprint density at radius 3 is 2.56 bits per heavy atom. The van der Waals surface area contributed by atoms with Crippen molar-refractivity contribution < 1.29 is 14.4 Å². The zero-order valence-corrected chi connectivity index (χ0v) is 10.9. The molecule has 2 saturated heterocycles. The summed E-state index contributed by atoms with van der Waals surface area (Å²) in [6.07, 6.45) is 2.80. The first-order valence-electron chi connectivity index (χ1n) is 6.66. The summed E-state index contributed by atoms with van der Waals surface area (Å²) in [5.74, 6) is 0.323. The number of hydrogen-bond donors (Lipinski definition) is 0. The highest BCUT2D eigenvalue weighted by molar-refractivity contribution is 5.88. The highest BCUT2D eigenvalue weighted by Gasteiger charge is 2.29. The van der Waals surface area contributed by atoms with E-state index in [9.17, 15) is 14.4 Å². The smallest absolute Gasteiger partial charge is 0.242 e. The Morgan fingerprint density at radius 1 is 1.22 bits per heavy atom. The average molecular weight is 252 g/mol. The van der Waals surface area contributed by atoms with E-state index in [-0.39, 0.29) is 30.1 Å². The molecule has 2 heterocycles. The fraction of sp³-hybridized carbons (Fsp3) is 0.769. The van der Waals surface area contributed by atoms with Gasteiger partial charge in [-0.15, -0.1) is 0 Å². The van der Waals surface area contributed by atoms with Gasteiger partial charge in [0, 0.05) is 38.4 Å². The lowest BCUT2D eigenvalue weighted by atomic mass is 9.99. The highest BCUT2D eigenvalue weighted by atomic mass is 16.2. The zero-order valence-electron chi connectivity index (χ0n) is 10.9. The average Bonchev–Trinajstić information content (AvgIpc) is 2.36. The fourth-order valence-corrected chi connectivity index (χ4v) is 2.56. The second-order valence-corrected chi connectivity index (χ2v) is 5.22. The molecule has 0 aromatic rings. The Kier molecular flexibility index (Phi) is 3.99.